The van der Waals surface area contributed by atoms with Gasteiger partial charge in [-0.25, -0.2) is 0 Å². The van der Waals surface area contributed by atoms with Gasteiger partial charge in [0.1, 0.15) is 5.58 Å². The van der Waals surface area contributed by atoms with Gasteiger partial charge in [0.05, 0.1) is 5.69 Å². The summed E-state index contributed by atoms with van der Waals surface area (Å²) >= 11 is 0. The number of nitrogens with zero attached hydrogens (tertiary/aromatic N) is 1. The van der Waals surface area contributed by atoms with Crippen LogP contribution in [0.25, 0.3) is 11.0 Å². The van der Waals surface area contributed by atoms with Crippen LogP contribution >= 0.6 is 0 Å². The summed E-state index contributed by atoms with van der Waals surface area (Å²) in [6, 6.07) is 16.0. The molecule has 0 saturated carbocycles. The topological polar surface area (TPSA) is 34.8 Å². The average molecular weight is 335 g/mol. The first kappa shape index (κ1) is 14.7. The Morgan fingerprint density at radius 2 is 1.40 bits per heavy atom. The Morgan fingerprint density at radius 3 is 2.12 bits per heavy atom. The molecule has 1 aromatic heterocycles. The van der Waals surface area contributed by atoms with Crippen molar-refractivity contribution in [3.63, 3.8) is 0 Å². The fraction of sp³-hybridized carbons (Fsp3) is 0.333. The zero-order valence-corrected chi connectivity index (χ0v) is 14.1. The number of fused-ring (bicyclic) bond motifs is 2. The molecule has 2 aliphatic rings. The molecule has 1 fully saturated rings. The molecule has 0 amide bonds. The van der Waals surface area contributed by atoms with Crippen LogP contribution in [0.4, 0.5) is 5.69 Å². The van der Waals surface area contributed by atoms with Crippen molar-refractivity contribution < 1.29 is 13.9 Å². The normalized spacial score (nSPS) is 17.8. The highest BCUT2D eigenvalue weighted by Gasteiger charge is 2.34. The summed E-state index contributed by atoms with van der Waals surface area (Å²) < 4.78 is 18.3. The van der Waals surface area contributed by atoms with E-state index >= 15 is 0 Å². The Labute approximate surface area is 146 Å². The van der Waals surface area contributed by atoms with Crippen molar-refractivity contribution in [2.45, 2.75) is 32.0 Å². The fourth-order valence-electron chi connectivity index (χ4n) is 3.84. The Morgan fingerprint density at radius 1 is 0.760 bits per heavy atom. The summed E-state index contributed by atoms with van der Waals surface area (Å²) in [5.74, 6) is 2.32. The van der Waals surface area contributed by atoms with Gasteiger partial charge in [-0.15, -0.1) is 0 Å². The minimum absolute atomic E-state index is 0.525. The second-order valence-electron chi connectivity index (χ2n) is 6.73. The van der Waals surface area contributed by atoms with Crippen molar-refractivity contribution in [2.24, 2.45) is 0 Å². The maximum absolute atomic E-state index is 6.22. The van der Waals surface area contributed by atoms with E-state index in [1.165, 1.54) is 25.7 Å². The summed E-state index contributed by atoms with van der Waals surface area (Å²) in [7, 11) is 0. The van der Waals surface area contributed by atoms with E-state index in [0.717, 1.165) is 47.0 Å². The predicted octanol–water partition coefficient (Wildman–Crippen LogP) is 5.28. The van der Waals surface area contributed by atoms with Crippen molar-refractivity contribution >= 4 is 16.7 Å². The first-order chi connectivity index (χ1) is 12.4. The molecule has 3 aromatic rings. The van der Waals surface area contributed by atoms with Crippen LogP contribution in [0.2, 0.25) is 0 Å². The van der Waals surface area contributed by atoms with Crippen LogP contribution in [-0.2, 0) is 0 Å². The van der Waals surface area contributed by atoms with Gasteiger partial charge in [-0.3, -0.25) is 0 Å². The number of para-hydroxylation sites is 3. The van der Waals surface area contributed by atoms with Crippen LogP contribution in [0.5, 0.6) is 11.5 Å². The first-order valence-corrected chi connectivity index (χ1v) is 9.09. The molecule has 5 rings (SSSR count). The van der Waals surface area contributed by atoms with Crippen LogP contribution in [0.1, 0.15) is 37.7 Å². The zero-order valence-electron chi connectivity index (χ0n) is 14.1. The third kappa shape index (κ3) is 2.53. The molecule has 3 heterocycles. The Bertz CT molecular complexity index is 868. The van der Waals surface area contributed by atoms with E-state index < -0.39 is 6.29 Å². The summed E-state index contributed by atoms with van der Waals surface area (Å²) in [4.78, 5) is 2.45. The van der Waals surface area contributed by atoms with E-state index in [0.29, 0.717) is 0 Å². The van der Waals surface area contributed by atoms with Gasteiger partial charge in [0.25, 0.3) is 0 Å². The smallest absolute Gasteiger partial charge is 0.302 e. The highest BCUT2D eigenvalue weighted by molar-refractivity contribution is 5.93. The molecule has 2 aliphatic heterocycles. The van der Waals surface area contributed by atoms with Gasteiger partial charge in [-0.2, -0.15) is 0 Å². The largest absolute Gasteiger partial charge is 0.451 e. The van der Waals surface area contributed by atoms with Crippen molar-refractivity contribution in [2.75, 3.05) is 18.0 Å². The van der Waals surface area contributed by atoms with E-state index in [1.54, 1.807) is 0 Å². The van der Waals surface area contributed by atoms with Gasteiger partial charge < -0.3 is 18.8 Å². The molecule has 128 valence electrons. The molecule has 0 unspecified atom stereocenters. The van der Waals surface area contributed by atoms with Crippen molar-refractivity contribution in [1.29, 1.82) is 0 Å². The molecule has 2 aromatic carbocycles. The van der Waals surface area contributed by atoms with Crippen LogP contribution in [0.3, 0.4) is 0 Å². The number of benzene rings is 2. The molecular formula is C21H21NO3. The molecular weight excluding hydrogens is 314 g/mol. The average Bonchev–Trinajstić information content (AvgIpc) is 3.14. The number of anilines is 1. The van der Waals surface area contributed by atoms with Gasteiger partial charge in [0, 0.05) is 18.5 Å². The molecule has 0 N–H and O–H groups in total. The van der Waals surface area contributed by atoms with E-state index in [2.05, 4.69) is 17.0 Å². The Hall–Kier alpha value is -2.62. The van der Waals surface area contributed by atoms with Gasteiger partial charge >= 0.3 is 6.29 Å². The van der Waals surface area contributed by atoms with E-state index in [4.69, 9.17) is 13.9 Å². The van der Waals surface area contributed by atoms with Gasteiger partial charge in [0.2, 0.25) is 5.76 Å². The van der Waals surface area contributed by atoms with E-state index in [-0.39, 0.29) is 0 Å². The quantitative estimate of drug-likeness (QED) is 0.638. The third-order valence-electron chi connectivity index (χ3n) is 5.05. The second kappa shape index (κ2) is 6.03. The third-order valence-corrected chi connectivity index (χ3v) is 5.05. The maximum atomic E-state index is 6.22. The van der Waals surface area contributed by atoms with Crippen molar-refractivity contribution in [1.82, 2.24) is 0 Å². The fourth-order valence-corrected chi connectivity index (χ4v) is 3.84. The number of hydrogen-bond acceptors (Lipinski definition) is 4. The van der Waals surface area contributed by atoms with Crippen molar-refractivity contribution in [3.05, 3.63) is 54.3 Å². The molecule has 25 heavy (non-hydrogen) atoms. The lowest BCUT2D eigenvalue weighted by Gasteiger charge is -2.23. The first-order valence-electron chi connectivity index (χ1n) is 9.09. The molecule has 0 atom stereocenters. The molecule has 0 bridgehead atoms. The molecule has 4 nitrogen and oxygen atoms in total. The zero-order chi connectivity index (χ0) is 16.6. The molecule has 1 saturated heterocycles. The standard InChI is InChI=1S/C21H21NO3/c1-2-8-14-22(13-7-1)19-15-9-3-4-10-16(15)23-20(19)21-24-17-11-5-6-12-18(17)25-21/h3-6,9-12,21H,1-2,7-8,13-14H2. The minimum atomic E-state index is -0.525. The molecule has 0 aliphatic carbocycles. The monoisotopic (exact) mass is 335 g/mol. The van der Waals surface area contributed by atoms with Gasteiger partial charge in [-0.1, -0.05) is 37.1 Å². The van der Waals surface area contributed by atoms with Crippen LogP contribution in [0.15, 0.2) is 52.9 Å². The molecule has 0 spiro atoms. The van der Waals surface area contributed by atoms with Crippen LogP contribution in [0, 0.1) is 0 Å². The highest BCUT2D eigenvalue weighted by atomic mass is 16.7. The minimum Gasteiger partial charge on any atom is -0.451 e. The highest BCUT2D eigenvalue weighted by Crippen LogP contribution is 2.45. The van der Waals surface area contributed by atoms with Gasteiger partial charge in [-0.05, 0) is 37.1 Å². The van der Waals surface area contributed by atoms with Crippen LogP contribution in [-0.4, -0.2) is 13.1 Å². The van der Waals surface area contributed by atoms with Gasteiger partial charge in [0.15, 0.2) is 11.5 Å². The lowest BCUT2D eigenvalue weighted by molar-refractivity contribution is 0.0305. The lowest BCUT2D eigenvalue weighted by Crippen LogP contribution is -2.25. The number of hydrogen-bond donors (Lipinski definition) is 0. The molecule has 4 heteroatoms. The number of ether oxygens (including phenoxy) is 2. The van der Waals surface area contributed by atoms with Crippen LogP contribution < -0.4 is 14.4 Å². The lowest BCUT2D eigenvalue weighted by atomic mass is 10.2. The Kier molecular flexibility index (Phi) is 3.54. The van der Waals surface area contributed by atoms with E-state index in [1.807, 2.05) is 36.4 Å². The second-order valence-corrected chi connectivity index (χ2v) is 6.73. The SMILES string of the molecule is c1ccc2c(c1)OC(c1oc3ccccc3c1N1CCCCCC1)O2. The van der Waals surface area contributed by atoms with E-state index in [9.17, 15) is 0 Å². The summed E-state index contributed by atoms with van der Waals surface area (Å²) in [6.07, 6.45) is 4.49. The summed E-state index contributed by atoms with van der Waals surface area (Å²) in [6.45, 7) is 2.10. The van der Waals surface area contributed by atoms with Crippen molar-refractivity contribution in [3.8, 4) is 11.5 Å². The number of furan rings is 1. The Balaban J connectivity index is 1.59. The maximum Gasteiger partial charge on any atom is 0.302 e. The molecule has 0 radical (unpaired) electrons. The number of rotatable bonds is 2. The summed E-state index contributed by atoms with van der Waals surface area (Å²) in [5.41, 5.74) is 2.02. The predicted molar refractivity (Wildman–Crippen MR) is 97.3 cm³/mol. The summed E-state index contributed by atoms with van der Waals surface area (Å²) in [5, 5.41) is 1.14.